The molecule has 3 rings (SSSR count). The molecule has 0 aliphatic heterocycles. The largest absolute Gasteiger partial charge is 0.400 e. The van der Waals surface area contributed by atoms with Crippen LogP contribution in [0.1, 0.15) is 6.92 Å². The number of benzene rings is 3. The van der Waals surface area contributed by atoms with Gasteiger partial charge in [-0.15, -0.1) is 0 Å². The van der Waals surface area contributed by atoms with Gasteiger partial charge in [-0.1, -0.05) is 103 Å². The maximum absolute atomic E-state index is 6.68. The van der Waals surface area contributed by atoms with Gasteiger partial charge in [0.1, 0.15) is 0 Å². The van der Waals surface area contributed by atoms with E-state index in [9.17, 15) is 0 Å². The Morgan fingerprint density at radius 1 is 0.667 bits per heavy atom. The molecule has 0 fully saturated rings. The first-order chi connectivity index (χ1) is 11.9. The van der Waals surface area contributed by atoms with E-state index < -0.39 is 8.32 Å². The molecule has 0 spiro atoms. The van der Waals surface area contributed by atoms with Crippen molar-refractivity contribution >= 4 is 23.9 Å². The highest BCUT2D eigenvalue weighted by Crippen LogP contribution is 2.09. The van der Waals surface area contributed by atoms with Crippen molar-refractivity contribution < 1.29 is 4.43 Å². The van der Waals surface area contributed by atoms with Crippen LogP contribution in [0, 0.1) is 0 Å². The summed E-state index contributed by atoms with van der Waals surface area (Å²) in [6.07, 6.45) is 4.12. The fraction of sp³-hybridized carbons (Fsp3) is 0.0909. The first-order valence-electron chi connectivity index (χ1n) is 8.29. The average Bonchev–Trinajstić information content (AvgIpc) is 2.68. The lowest BCUT2D eigenvalue weighted by atomic mass is 10.3. The maximum Gasteiger partial charge on any atom is 0.288 e. The number of hydrogen-bond acceptors (Lipinski definition) is 1. The molecule has 0 bridgehead atoms. The van der Waals surface area contributed by atoms with Gasteiger partial charge < -0.3 is 4.43 Å². The van der Waals surface area contributed by atoms with E-state index in [1.54, 1.807) is 0 Å². The summed E-state index contributed by atoms with van der Waals surface area (Å²) in [5, 5.41) is 3.81. The van der Waals surface area contributed by atoms with Crippen LogP contribution in [0.15, 0.2) is 103 Å². The third-order valence-corrected chi connectivity index (χ3v) is 8.21. The minimum absolute atomic E-state index is 0.613. The van der Waals surface area contributed by atoms with Crippen LogP contribution < -0.4 is 15.6 Å². The Morgan fingerprint density at radius 2 is 1.04 bits per heavy atom. The van der Waals surface area contributed by atoms with E-state index in [1.807, 2.05) is 13.0 Å². The molecule has 0 aromatic heterocycles. The van der Waals surface area contributed by atoms with Crippen molar-refractivity contribution in [3.05, 3.63) is 103 Å². The van der Waals surface area contributed by atoms with Crippen molar-refractivity contribution in [3.8, 4) is 0 Å². The molecule has 0 radical (unpaired) electrons. The van der Waals surface area contributed by atoms with Gasteiger partial charge >= 0.3 is 0 Å². The highest BCUT2D eigenvalue weighted by Gasteiger charge is 2.41. The van der Waals surface area contributed by atoms with Gasteiger partial charge in [0.2, 0.25) is 0 Å². The van der Waals surface area contributed by atoms with Crippen LogP contribution in [0.4, 0.5) is 0 Å². The van der Waals surface area contributed by atoms with E-state index in [0.717, 1.165) is 0 Å². The van der Waals surface area contributed by atoms with Crippen molar-refractivity contribution in [3.63, 3.8) is 0 Å². The minimum Gasteiger partial charge on any atom is -0.400 e. The van der Waals surface area contributed by atoms with E-state index in [0.29, 0.717) is 6.61 Å². The molecule has 0 saturated heterocycles. The second kappa shape index (κ2) is 7.91. The zero-order valence-electron chi connectivity index (χ0n) is 13.9. The lowest BCUT2D eigenvalue weighted by molar-refractivity contribution is 0.371. The van der Waals surface area contributed by atoms with Crippen LogP contribution in [0.5, 0.6) is 0 Å². The van der Waals surface area contributed by atoms with Gasteiger partial charge in [0.05, 0.1) is 6.61 Å². The molecule has 0 unspecified atom stereocenters. The van der Waals surface area contributed by atoms with Crippen LogP contribution in [0.25, 0.3) is 0 Å². The number of rotatable bonds is 6. The average molecular weight is 331 g/mol. The molecule has 0 atom stereocenters. The summed E-state index contributed by atoms with van der Waals surface area (Å²) in [5.74, 6) is 0. The molecule has 0 amide bonds. The Morgan fingerprint density at radius 3 is 1.38 bits per heavy atom. The predicted octanol–water partition coefficient (Wildman–Crippen LogP) is 3.25. The van der Waals surface area contributed by atoms with Crippen molar-refractivity contribution in [1.82, 2.24) is 0 Å². The summed E-state index contributed by atoms with van der Waals surface area (Å²) in [6, 6.07) is 32.0. The van der Waals surface area contributed by atoms with Crippen LogP contribution in [0.2, 0.25) is 0 Å². The molecule has 3 aromatic rings. The Kier molecular flexibility index (Phi) is 5.42. The van der Waals surface area contributed by atoms with Crippen molar-refractivity contribution in [2.45, 2.75) is 6.92 Å². The Bertz CT molecular complexity index is 670. The van der Waals surface area contributed by atoms with Crippen LogP contribution >= 0.6 is 0 Å². The van der Waals surface area contributed by atoms with E-state index >= 15 is 0 Å². The molecule has 120 valence electrons. The van der Waals surface area contributed by atoms with Crippen molar-refractivity contribution in [1.29, 1.82) is 0 Å². The van der Waals surface area contributed by atoms with Crippen LogP contribution in [0.3, 0.4) is 0 Å². The van der Waals surface area contributed by atoms with Gasteiger partial charge in [-0.25, -0.2) is 0 Å². The summed E-state index contributed by atoms with van der Waals surface area (Å²) < 4.78 is 6.68. The predicted molar refractivity (Wildman–Crippen MR) is 105 cm³/mol. The third-order valence-electron chi connectivity index (χ3n) is 4.17. The zero-order chi connectivity index (χ0) is 16.7. The smallest absolute Gasteiger partial charge is 0.288 e. The molecule has 2 heteroatoms. The summed E-state index contributed by atoms with van der Waals surface area (Å²) in [6.45, 7) is 2.64. The Balaban J connectivity index is 2.24. The van der Waals surface area contributed by atoms with E-state index in [2.05, 4.69) is 97.1 Å². The molecule has 0 aliphatic carbocycles. The SMILES string of the molecule is CC=CCO[Si](c1ccccc1)(c1ccccc1)c1ccccc1. The molecule has 0 saturated carbocycles. The van der Waals surface area contributed by atoms with Gasteiger partial charge in [-0.05, 0) is 22.5 Å². The van der Waals surface area contributed by atoms with Gasteiger partial charge in [0, 0.05) is 0 Å². The molecule has 24 heavy (non-hydrogen) atoms. The first-order valence-corrected chi connectivity index (χ1v) is 10.2. The lowest BCUT2D eigenvalue weighted by Crippen LogP contribution is -2.69. The second-order valence-corrected chi connectivity index (χ2v) is 9.04. The fourth-order valence-electron chi connectivity index (χ4n) is 3.04. The molecular formula is C22H22OSi. The summed E-state index contributed by atoms with van der Waals surface area (Å²) >= 11 is 0. The maximum atomic E-state index is 6.68. The second-order valence-electron chi connectivity index (χ2n) is 5.66. The first kappa shape index (κ1) is 16.4. The summed E-state index contributed by atoms with van der Waals surface area (Å²) in [7, 11) is -2.51. The molecule has 0 N–H and O–H groups in total. The molecule has 0 aliphatic rings. The van der Waals surface area contributed by atoms with Gasteiger partial charge in [0.15, 0.2) is 0 Å². The monoisotopic (exact) mass is 330 g/mol. The molecule has 0 heterocycles. The van der Waals surface area contributed by atoms with Gasteiger partial charge in [0.25, 0.3) is 8.32 Å². The van der Waals surface area contributed by atoms with Crippen molar-refractivity contribution in [2.24, 2.45) is 0 Å². The number of hydrogen-bond donors (Lipinski definition) is 0. The quantitative estimate of drug-likeness (QED) is 0.383. The molecule has 3 aromatic carbocycles. The number of allylic oxidation sites excluding steroid dienone is 1. The Hall–Kier alpha value is -2.42. The summed E-state index contributed by atoms with van der Waals surface area (Å²) in [4.78, 5) is 0. The van der Waals surface area contributed by atoms with E-state index in [-0.39, 0.29) is 0 Å². The van der Waals surface area contributed by atoms with Crippen molar-refractivity contribution in [2.75, 3.05) is 6.61 Å². The topological polar surface area (TPSA) is 9.23 Å². The van der Waals surface area contributed by atoms with Gasteiger partial charge in [-0.3, -0.25) is 0 Å². The van der Waals surface area contributed by atoms with Crippen LogP contribution in [-0.4, -0.2) is 14.9 Å². The van der Waals surface area contributed by atoms with Crippen LogP contribution in [-0.2, 0) is 4.43 Å². The minimum atomic E-state index is -2.51. The lowest BCUT2D eigenvalue weighted by Gasteiger charge is -2.32. The molecule has 1 nitrogen and oxygen atoms in total. The standard InChI is InChI=1S/C22H22OSi/c1-2-3-19-23-24(20-13-7-4-8-14-20,21-15-9-5-10-16-21)22-17-11-6-12-18-22/h2-18H,19H2,1H3. The summed E-state index contributed by atoms with van der Waals surface area (Å²) in [5.41, 5.74) is 0. The zero-order valence-corrected chi connectivity index (χ0v) is 14.9. The fourth-order valence-corrected chi connectivity index (χ4v) is 6.87. The highest BCUT2D eigenvalue weighted by atomic mass is 28.4. The van der Waals surface area contributed by atoms with E-state index in [1.165, 1.54) is 15.6 Å². The van der Waals surface area contributed by atoms with Gasteiger partial charge in [-0.2, -0.15) is 0 Å². The molecular weight excluding hydrogens is 308 g/mol. The third kappa shape index (κ3) is 3.25. The Labute approximate surface area is 145 Å². The highest BCUT2D eigenvalue weighted by molar-refractivity contribution is 7.07. The van der Waals surface area contributed by atoms with E-state index in [4.69, 9.17) is 4.43 Å². The normalized spacial score (nSPS) is 11.7.